The van der Waals surface area contributed by atoms with Crippen LogP contribution in [0.1, 0.15) is 0 Å². The fraction of sp³-hybridized carbons (Fsp3) is 0. The van der Waals surface area contributed by atoms with Crippen LogP contribution in [0.4, 0.5) is 17.1 Å². The van der Waals surface area contributed by atoms with Gasteiger partial charge in [-0.2, -0.15) is 0 Å². The first kappa shape index (κ1) is 25.1. The molecule has 0 radical (unpaired) electrons. The summed E-state index contributed by atoms with van der Waals surface area (Å²) < 4.78 is 8.50. The Hall–Kier alpha value is -6.26. The summed E-state index contributed by atoms with van der Waals surface area (Å²) in [7, 11) is 0. The Morgan fingerprint density at radius 2 is 1.24 bits per heavy atom. The number of aromatic amines is 1. The normalized spacial score (nSPS) is 11.9. The van der Waals surface area contributed by atoms with Crippen LogP contribution in [0.25, 0.3) is 71.1 Å². The Balaban J connectivity index is 1.19. The lowest BCUT2D eigenvalue weighted by Gasteiger charge is -2.27. The molecule has 0 atom stereocenters. The lowest BCUT2D eigenvalue weighted by atomic mass is 10.1. The van der Waals surface area contributed by atoms with Gasteiger partial charge in [0.2, 0.25) is 0 Å². The van der Waals surface area contributed by atoms with Crippen LogP contribution < -0.4 is 4.90 Å². The van der Waals surface area contributed by atoms with Crippen LogP contribution in [0.15, 0.2) is 162 Å². The molecule has 10 rings (SSSR count). The van der Waals surface area contributed by atoms with E-state index in [2.05, 4.69) is 160 Å². The van der Waals surface area contributed by atoms with Gasteiger partial charge in [0.25, 0.3) is 0 Å². The summed E-state index contributed by atoms with van der Waals surface area (Å²) in [5.74, 6) is 0. The highest BCUT2D eigenvalue weighted by Crippen LogP contribution is 2.42. The van der Waals surface area contributed by atoms with Crippen LogP contribution in [0.2, 0.25) is 0 Å². The number of benzene rings is 7. The van der Waals surface area contributed by atoms with E-state index in [1.165, 1.54) is 32.4 Å². The van der Waals surface area contributed by atoms with Gasteiger partial charge >= 0.3 is 0 Å². The molecule has 3 aromatic heterocycles. The van der Waals surface area contributed by atoms with E-state index in [4.69, 9.17) is 4.42 Å². The lowest BCUT2D eigenvalue weighted by molar-refractivity contribution is 0.669. The molecule has 0 fully saturated rings. The van der Waals surface area contributed by atoms with Gasteiger partial charge in [0.05, 0.1) is 11.2 Å². The van der Waals surface area contributed by atoms with Crippen LogP contribution in [-0.2, 0) is 0 Å². The third-order valence-corrected chi connectivity index (χ3v) is 9.31. The highest BCUT2D eigenvalue weighted by molar-refractivity contribution is 6.12. The van der Waals surface area contributed by atoms with Crippen molar-refractivity contribution in [1.29, 1.82) is 0 Å². The number of hydrogen-bond donors (Lipinski definition) is 1. The predicted octanol–water partition coefficient (Wildman–Crippen LogP) is 11.8. The van der Waals surface area contributed by atoms with E-state index in [0.717, 1.165) is 55.7 Å². The van der Waals surface area contributed by atoms with Gasteiger partial charge in [0.15, 0.2) is 0 Å². The van der Waals surface area contributed by atoms with E-state index < -0.39 is 0 Å². The first-order valence-corrected chi connectivity index (χ1v) is 15.6. The molecule has 0 unspecified atom stereocenters. The highest BCUT2D eigenvalue weighted by Gasteiger charge is 2.18. The molecule has 0 spiro atoms. The van der Waals surface area contributed by atoms with E-state index in [1.54, 1.807) is 0 Å². The van der Waals surface area contributed by atoms with E-state index in [0.29, 0.717) is 0 Å². The van der Waals surface area contributed by atoms with E-state index in [-0.39, 0.29) is 0 Å². The molecule has 216 valence electrons. The Kier molecular flexibility index (Phi) is 5.25. The van der Waals surface area contributed by atoms with Gasteiger partial charge in [-0.3, -0.25) is 0 Å². The number of furan rings is 1. The van der Waals surface area contributed by atoms with Crippen molar-refractivity contribution in [2.75, 3.05) is 4.90 Å². The van der Waals surface area contributed by atoms with Crippen LogP contribution in [0.3, 0.4) is 0 Å². The van der Waals surface area contributed by atoms with Gasteiger partial charge in [-0.15, -0.1) is 0 Å². The fourth-order valence-corrected chi connectivity index (χ4v) is 7.17. The average Bonchev–Trinajstić information content (AvgIpc) is 3.80. The predicted molar refractivity (Wildman–Crippen MR) is 192 cm³/mol. The summed E-state index contributed by atoms with van der Waals surface area (Å²) in [6.45, 7) is 0. The van der Waals surface area contributed by atoms with Crippen LogP contribution in [0.5, 0.6) is 0 Å². The minimum atomic E-state index is 0.888. The van der Waals surface area contributed by atoms with Crippen molar-refractivity contribution in [1.82, 2.24) is 9.55 Å². The standard InChI is InChI=1S/C42H27N3O/c1-2-13-32-27(9-1)10-7-17-39(32)45(31-19-20-42-36(25-31)34-15-4-6-18-41(34)46-42)30-12-8-11-29(24-30)44-22-21-28-23-38-35(26-40(28)44)33-14-3-5-16-37(33)43-38/h1-26,43H. The second-order valence-electron chi connectivity index (χ2n) is 11.9. The molecule has 4 nitrogen and oxygen atoms in total. The zero-order chi connectivity index (χ0) is 30.2. The van der Waals surface area contributed by atoms with Crippen molar-refractivity contribution in [3.63, 3.8) is 0 Å². The maximum Gasteiger partial charge on any atom is 0.135 e. The quantitative estimate of drug-likeness (QED) is 0.222. The van der Waals surface area contributed by atoms with E-state index in [1.807, 2.05) is 12.1 Å². The molecule has 3 heterocycles. The first-order chi connectivity index (χ1) is 22.8. The van der Waals surface area contributed by atoms with Crippen LogP contribution in [-0.4, -0.2) is 9.55 Å². The first-order valence-electron chi connectivity index (χ1n) is 15.6. The molecule has 0 saturated carbocycles. The average molecular weight is 590 g/mol. The molecule has 0 aliphatic rings. The Morgan fingerprint density at radius 3 is 2.20 bits per heavy atom. The number of H-pyrrole nitrogens is 1. The molecule has 4 heteroatoms. The van der Waals surface area contributed by atoms with Gasteiger partial charge in [-0.25, -0.2) is 0 Å². The Labute approximate surface area is 264 Å². The van der Waals surface area contributed by atoms with Crippen molar-refractivity contribution in [3.8, 4) is 5.69 Å². The van der Waals surface area contributed by atoms with Crippen molar-refractivity contribution in [2.45, 2.75) is 0 Å². The monoisotopic (exact) mass is 589 g/mol. The summed E-state index contributed by atoms with van der Waals surface area (Å²) in [6, 6.07) is 54.1. The number of nitrogens with one attached hydrogen (secondary N) is 1. The molecule has 7 aromatic carbocycles. The third kappa shape index (κ3) is 3.74. The summed E-state index contributed by atoms with van der Waals surface area (Å²) in [6.07, 6.45) is 2.18. The molecule has 0 saturated heterocycles. The van der Waals surface area contributed by atoms with Gasteiger partial charge < -0.3 is 18.9 Å². The minimum absolute atomic E-state index is 0.888. The fourth-order valence-electron chi connectivity index (χ4n) is 7.17. The van der Waals surface area contributed by atoms with Crippen molar-refractivity contribution in [2.24, 2.45) is 0 Å². The highest BCUT2D eigenvalue weighted by atomic mass is 16.3. The SMILES string of the molecule is c1cc(N(c2ccc3oc4ccccc4c3c2)c2cccc3ccccc23)cc(-n2ccc3cc4[nH]c5ccccc5c4cc32)c1. The second-order valence-corrected chi connectivity index (χ2v) is 11.9. The molecule has 0 bridgehead atoms. The van der Waals surface area contributed by atoms with E-state index >= 15 is 0 Å². The van der Waals surface area contributed by atoms with Crippen molar-refractivity contribution < 1.29 is 4.42 Å². The topological polar surface area (TPSA) is 37.1 Å². The number of nitrogens with zero attached hydrogens (tertiary/aromatic N) is 2. The molecule has 10 aromatic rings. The summed E-state index contributed by atoms with van der Waals surface area (Å²) in [4.78, 5) is 5.96. The zero-order valence-corrected chi connectivity index (χ0v) is 24.8. The summed E-state index contributed by atoms with van der Waals surface area (Å²) >= 11 is 0. The number of fused-ring (bicyclic) bond motifs is 8. The maximum atomic E-state index is 6.21. The molecule has 0 aliphatic heterocycles. The minimum Gasteiger partial charge on any atom is -0.456 e. The van der Waals surface area contributed by atoms with Gasteiger partial charge in [-0.05, 0) is 78.2 Å². The van der Waals surface area contributed by atoms with Gasteiger partial charge in [0.1, 0.15) is 11.2 Å². The molecule has 0 aliphatic carbocycles. The van der Waals surface area contributed by atoms with Crippen LogP contribution in [0, 0.1) is 0 Å². The molecule has 1 N–H and O–H groups in total. The number of anilines is 3. The van der Waals surface area contributed by atoms with Crippen molar-refractivity contribution >= 4 is 82.5 Å². The van der Waals surface area contributed by atoms with Gasteiger partial charge in [-0.1, -0.05) is 78.9 Å². The van der Waals surface area contributed by atoms with E-state index in [9.17, 15) is 0 Å². The summed E-state index contributed by atoms with van der Waals surface area (Å²) in [5.41, 5.74) is 9.67. The summed E-state index contributed by atoms with van der Waals surface area (Å²) in [5, 5.41) is 8.30. The number of hydrogen-bond acceptors (Lipinski definition) is 2. The molecule has 46 heavy (non-hydrogen) atoms. The van der Waals surface area contributed by atoms with Crippen molar-refractivity contribution in [3.05, 3.63) is 158 Å². The largest absolute Gasteiger partial charge is 0.456 e. The van der Waals surface area contributed by atoms with Crippen LogP contribution >= 0.6 is 0 Å². The lowest BCUT2D eigenvalue weighted by Crippen LogP contribution is -2.11. The Bertz CT molecular complexity index is 2770. The number of aromatic nitrogens is 2. The second kappa shape index (κ2) is 9.62. The van der Waals surface area contributed by atoms with Gasteiger partial charge in [0, 0.05) is 66.6 Å². The molecule has 0 amide bonds. The maximum absolute atomic E-state index is 6.21. The number of rotatable bonds is 4. The zero-order valence-electron chi connectivity index (χ0n) is 24.8. The molecular weight excluding hydrogens is 562 g/mol. The smallest absolute Gasteiger partial charge is 0.135 e. The Morgan fingerprint density at radius 1 is 0.478 bits per heavy atom. The number of para-hydroxylation sites is 2. The third-order valence-electron chi connectivity index (χ3n) is 9.31. The molecular formula is C42H27N3O.